The summed E-state index contributed by atoms with van der Waals surface area (Å²) in [6, 6.07) is 0. The van der Waals surface area contributed by atoms with Crippen LogP contribution in [0.4, 0.5) is 0 Å². The van der Waals surface area contributed by atoms with Crippen molar-refractivity contribution in [1.82, 2.24) is 10.2 Å². The normalized spacial score (nSPS) is 22.4. The molecule has 0 N–H and O–H groups in total. The molecule has 0 aromatic carbocycles. The molecule has 4 nitrogen and oxygen atoms in total. The van der Waals surface area contributed by atoms with E-state index in [9.17, 15) is 0 Å². The van der Waals surface area contributed by atoms with Crippen LogP contribution in [-0.4, -0.2) is 23.1 Å². The molecule has 2 heterocycles. The fourth-order valence-corrected chi connectivity index (χ4v) is 1.71. The summed E-state index contributed by atoms with van der Waals surface area (Å²) in [5.74, 6) is 2.11. The molecular formula is C8H12N2O2S. The van der Waals surface area contributed by atoms with Crippen molar-refractivity contribution >= 4 is 11.8 Å². The Hall–Kier alpha value is -0.550. The maximum Gasteiger partial charge on any atom is 0.245 e. The molecule has 0 spiro atoms. The van der Waals surface area contributed by atoms with Gasteiger partial charge in [0.2, 0.25) is 11.8 Å². The van der Waals surface area contributed by atoms with Crippen LogP contribution < -0.4 is 0 Å². The standard InChI is InChI=1S/C8H12N2O2S/c1-13-5-7-9-10-8(12-7)6-3-2-4-11-6/h6H,2-5H2,1H3/t6-/m0/s1. The zero-order valence-electron chi connectivity index (χ0n) is 7.52. The molecule has 1 atom stereocenters. The number of ether oxygens (including phenoxy) is 1. The fourth-order valence-electron chi connectivity index (χ4n) is 1.35. The zero-order chi connectivity index (χ0) is 9.10. The largest absolute Gasteiger partial charge is 0.422 e. The van der Waals surface area contributed by atoms with Gasteiger partial charge in [-0.1, -0.05) is 0 Å². The number of nitrogens with zero attached hydrogens (tertiary/aromatic N) is 2. The molecule has 2 rings (SSSR count). The Labute approximate surface area is 81.1 Å². The van der Waals surface area contributed by atoms with Crippen LogP contribution in [0.1, 0.15) is 30.7 Å². The lowest BCUT2D eigenvalue weighted by Crippen LogP contribution is -1.95. The van der Waals surface area contributed by atoms with Crippen LogP contribution in [0.2, 0.25) is 0 Å². The van der Waals surface area contributed by atoms with E-state index >= 15 is 0 Å². The average Bonchev–Trinajstić information content (AvgIpc) is 2.70. The van der Waals surface area contributed by atoms with E-state index in [-0.39, 0.29) is 6.10 Å². The van der Waals surface area contributed by atoms with Gasteiger partial charge in [-0.15, -0.1) is 10.2 Å². The summed E-state index contributed by atoms with van der Waals surface area (Å²) in [7, 11) is 0. The van der Waals surface area contributed by atoms with E-state index in [0.717, 1.165) is 25.2 Å². The number of hydrogen-bond donors (Lipinski definition) is 0. The topological polar surface area (TPSA) is 48.2 Å². The van der Waals surface area contributed by atoms with Crippen LogP contribution in [0.15, 0.2) is 4.42 Å². The molecule has 1 aromatic rings. The summed E-state index contributed by atoms with van der Waals surface area (Å²) in [6.07, 6.45) is 4.14. The molecule has 13 heavy (non-hydrogen) atoms. The average molecular weight is 200 g/mol. The fraction of sp³-hybridized carbons (Fsp3) is 0.750. The van der Waals surface area contributed by atoms with Crippen LogP contribution >= 0.6 is 11.8 Å². The maximum atomic E-state index is 5.44. The third-order valence-corrected chi connectivity index (χ3v) is 2.49. The van der Waals surface area contributed by atoms with E-state index < -0.39 is 0 Å². The maximum absolute atomic E-state index is 5.44. The number of hydrogen-bond acceptors (Lipinski definition) is 5. The van der Waals surface area contributed by atoms with Gasteiger partial charge in [-0.3, -0.25) is 0 Å². The van der Waals surface area contributed by atoms with Crippen molar-refractivity contribution in [1.29, 1.82) is 0 Å². The summed E-state index contributed by atoms with van der Waals surface area (Å²) >= 11 is 1.67. The van der Waals surface area contributed by atoms with Crippen molar-refractivity contribution in [2.75, 3.05) is 12.9 Å². The van der Waals surface area contributed by atoms with E-state index in [1.807, 2.05) is 6.26 Å². The second-order valence-corrected chi connectivity index (χ2v) is 3.83. The molecule has 0 amide bonds. The molecule has 1 fully saturated rings. The summed E-state index contributed by atoms with van der Waals surface area (Å²) < 4.78 is 10.9. The Balaban J connectivity index is 2.03. The number of rotatable bonds is 3. The second-order valence-electron chi connectivity index (χ2n) is 2.97. The highest BCUT2D eigenvalue weighted by Gasteiger charge is 2.23. The Morgan fingerprint density at radius 3 is 3.15 bits per heavy atom. The minimum Gasteiger partial charge on any atom is -0.422 e. The summed E-state index contributed by atoms with van der Waals surface area (Å²) in [6.45, 7) is 0.810. The van der Waals surface area contributed by atoms with Gasteiger partial charge in [-0.05, 0) is 19.1 Å². The van der Waals surface area contributed by atoms with Gasteiger partial charge in [-0.25, -0.2) is 0 Å². The van der Waals surface area contributed by atoms with Crippen molar-refractivity contribution in [3.05, 3.63) is 11.8 Å². The molecule has 0 bridgehead atoms. The Morgan fingerprint density at radius 1 is 1.54 bits per heavy atom. The molecule has 1 aliphatic heterocycles. The molecule has 0 unspecified atom stereocenters. The summed E-state index contributed by atoms with van der Waals surface area (Å²) in [4.78, 5) is 0. The SMILES string of the molecule is CSCc1nnc([C@@H]2CCCO2)o1. The second kappa shape index (κ2) is 4.11. The van der Waals surface area contributed by atoms with Crippen molar-refractivity contribution < 1.29 is 9.15 Å². The molecule has 72 valence electrons. The lowest BCUT2D eigenvalue weighted by atomic mass is 10.2. The van der Waals surface area contributed by atoms with Gasteiger partial charge in [0.25, 0.3) is 0 Å². The van der Waals surface area contributed by atoms with Crippen molar-refractivity contribution in [3.8, 4) is 0 Å². The molecule has 0 aliphatic carbocycles. The summed E-state index contributed by atoms with van der Waals surface area (Å²) in [5.41, 5.74) is 0. The highest BCUT2D eigenvalue weighted by Crippen LogP contribution is 2.27. The van der Waals surface area contributed by atoms with E-state index in [0.29, 0.717) is 11.8 Å². The van der Waals surface area contributed by atoms with Gasteiger partial charge in [0, 0.05) is 6.61 Å². The Kier molecular flexibility index (Phi) is 2.85. The first-order chi connectivity index (χ1) is 6.40. The van der Waals surface area contributed by atoms with Crippen LogP contribution in [0.3, 0.4) is 0 Å². The third kappa shape index (κ3) is 2.03. The first-order valence-corrected chi connectivity index (χ1v) is 5.72. The van der Waals surface area contributed by atoms with E-state index in [2.05, 4.69) is 10.2 Å². The third-order valence-electron chi connectivity index (χ3n) is 1.96. The van der Waals surface area contributed by atoms with Crippen LogP contribution in [-0.2, 0) is 10.5 Å². The molecule has 1 saturated heterocycles. The lowest BCUT2D eigenvalue weighted by Gasteiger charge is -2.01. The van der Waals surface area contributed by atoms with Crippen LogP contribution in [0, 0.1) is 0 Å². The van der Waals surface area contributed by atoms with E-state index in [4.69, 9.17) is 9.15 Å². The molecule has 0 radical (unpaired) electrons. The predicted molar refractivity (Wildman–Crippen MR) is 49.4 cm³/mol. The summed E-state index contributed by atoms with van der Waals surface area (Å²) in [5, 5.41) is 7.89. The van der Waals surface area contributed by atoms with Gasteiger partial charge in [0.15, 0.2) is 0 Å². The smallest absolute Gasteiger partial charge is 0.245 e. The van der Waals surface area contributed by atoms with Crippen molar-refractivity contribution in [2.24, 2.45) is 0 Å². The van der Waals surface area contributed by atoms with E-state index in [1.165, 1.54) is 0 Å². The van der Waals surface area contributed by atoms with Crippen LogP contribution in [0.5, 0.6) is 0 Å². The van der Waals surface area contributed by atoms with Gasteiger partial charge >= 0.3 is 0 Å². The first kappa shape index (κ1) is 9.02. The van der Waals surface area contributed by atoms with Gasteiger partial charge in [0.1, 0.15) is 6.10 Å². The molecular weight excluding hydrogens is 188 g/mol. The Bertz CT molecular complexity index is 271. The van der Waals surface area contributed by atoms with Crippen molar-refractivity contribution in [2.45, 2.75) is 24.7 Å². The van der Waals surface area contributed by atoms with Gasteiger partial charge in [-0.2, -0.15) is 11.8 Å². The molecule has 1 aliphatic rings. The highest BCUT2D eigenvalue weighted by molar-refractivity contribution is 7.97. The first-order valence-electron chi connectivity index (χ1n) is 4.33. The van der Waals surface area contributed by atoms with Gasteiger partial charge in [0.05, 0.1) is 5.75 Å². The predicted octanol–water partition coefficient (Wildman–Crippen LogP) is 1.78. The monoisotopic (exact) mass is 200 g/mol. The van der Waals surface area contributed by atoms with Crippen molar-refractivity contribution in [3.63, 3.8) is 0 Å². The van der Waals surface area contributed by atoms with E-state index in [1.54, 1.807) is 11.8 Å². The number of aromatic nitrogens is 2. The lowest BCUT2D eigenvalue weighted by molar-refractivity contribution is 0.0883. The molecule has 0 saturated carbocycles. The minimum atomic E-state index is 0.0445. The number of thioether (sulfide) groups is 1. The Morgan fingerprint density at radius 2 is 2.46 bits per heavy atom. The highest BCUT2D eigenvalue weighted by atomic mass is 32.2. The zero-order valence-corrected chi connectivity index (χ0v) is 8.34. The molecule has 1 aromatic heterocycles. The van der Waals surface area contributed by atoms with Crippen LogP contribution in [0.25, 0.3) is 0 Å². The quantitative estimate of drug-likeness (QED) is 0.744. The van der Waals surface area contributed by atoms with Gasteiger partial charge < -0.3 is 9.15 Å². The minimum absolute atomic E-state index is 0.0445. The molecule has 5 heteroatoms.